The quantitative estimate of drug-likeness (QED) is 0.823. The monoisotopic (exact) mass is 316 g/mol. The predicted molar refractivity (Wildman–Crippen MR) is 86.6 cm³/mol. The van der Waals surface area contributed by atoms with Crippen molar-refractivity contribution >= 4 is 35.6 Å². The van der Waals surface area contributed by atoms with E-state index in [4.69, 9.17) is 17.3 Å². The number of rotatable bonds is 4. The second-order valence-corrected chi connectivity index (χ2v) is 5.89. The highest BCUT2D eigenvalue weighted by Crippen LogP contribution is 2.40. The standard InChI is InChI=1S/C15H21ClN2O.ClH/c1-2-15(7-3-4-8-15)10-18-14(19)12-6-5-11(17)9-13(12)16;/h5-6,9H,2-4,7-8,10,17H2,1H3,(H,18,19);1H. The fraction of sp³-hybridized carbons (Fsp3) is 0.533. The summed E-state index contributed by atoms with van der Waals surface area (Å²) < 4.78 is 0. The van der Waals surface area contributed by atoms with E-state index < -0.39 is 0 Å². The number of benzene rings is 1. The summed E-state index contributed by atoms with van der Waals surface area (Å²) in [5.41, 5.74) is 6.99. The molecule has 0 aromatic heterocycles. The van der Waals surface area contributed by atoms with Gasteiger partial charge >= 0.3 is 0 Å². The average molecular weight is 317 g/mol. The van der Waals surface area contributed by atoms with Gasteiger partial charge in [-0.05, 0) is 42.9 Å². The molecule has 1 aliphatic carbocycles. The van der Waals surface area contributed by atoms with Gasteiger partial charge in [-0.2, -0.15) is 0 Å². The van der Waals surface area contributed by atoms with Crippen molar-refractivity contribution in [1.82, 2.24) is 5.32 Å². The van der Waals surface area contributed by atoms with Gasteiger partial charge in [0.25, 0.3) is 5.91 Å². The number of nitrogens with two attached hydrogens (primary N) is 1. The minimum Gasteiger partial charge on any atom is -0.399 e. The van der Waals surface area contributed by atoms with Gasteiger partial charge in [-0.1, -0.05) is 31.4 Å². The molecule has 0 radical (unpaired) electrons. The van der Waals surface area contributed by atoms with E-state index in [9.17, 15) is 4.79 Å². The van der Waals surface area contributed by atoms with Crippen molar-refractivity contribution < 1.29 is 4.79 Å². The Morgan fingerprint density at radius 2 is 2.05 bits per heavy atom. The van der Waals surface area contributed by atoms with Crippen LogP contribution >= 0.6 is 24.0 Å². The zero-order chi connectivity index (χ0) is 13.9. The summed E-state index contributed by atoms with van der Waals surface area (Å²) in [5, 5.41) is 3.44. The van der Waals surface area contributed by atoms with Gasteiger partial charge in [0.1, 0.15) is 0 Å². The van der Waals surface area contributed by atoms with Crippen LogP contribution in [0.15, 0.2) is 18.2 Å². The van der Waals surface area contributed by atoms with E-state index in [2.05, 4.69) is 12.2 Å². The smallest absolute Gasteiger partial charge is 0.252 e. The largest absolute Gasteiger partial charge is 0.399 e. The predicted octanol–water partition coefficient (Wildman–Crippen LogP) is 4.04. The Labute approximate surface area is 131 Å². The number of anilines is 1. The minimum absolute atomic E-state index is 0. The van der Waals surface area contributed by atoms with Crippen LogP contribution in [0.1, 0.15) is 49.4 Å². The first-order valence-corrected chi connectivity index (χ1v) is 7.27. The maximum atomic E-state index is 12.2. The summed E-state index contributed by atoms with van der Waals surface area (Å²) in [6.45, 7) is 2.94. The molecule has 2 rings (SSSR count). The molecule has 0 saturated heterocycles. The summed E-state index contributed by atoms with van der Waals surface area (Å²) in [6.07, 6.45) is 6.07. The Kier molecular flexibility index (Phi) is 6.15. The van der Waals surface area contributed by atoms with Crippen LogP contribution in [0.4, 0.5) is 5.69 Å². The van der Waals surface area contributed by atoms with Crippen LogP contribution < -0.4 is 11.1 Å². The third kappa shape index (κ3) is 3.80. The van der Waals surface area contributed by atoms with E-state index in [-0.39, 0.29) is 23.7 Å². The molecule has 3 N–H and O–H groups in total. The Bertz CT molecular complexity index is 471. The second kappa shape index (κ2) is 7.19. The summed E-state index contributed by atoms with van der Waals surface area (Å²) >= 11 is 6.05. The van der Waals surface area contributed by atoms with Gasteiger partial charge in [0.05, 0.1) is 10.6 Å². The molecule has 0 spiro atoms. The van der Waals surface area contributed by atoms with Crippen LogP contribution in [-0.2, 0) is 0 Å². The number of nitrogen functional groups attached to an aromatic ring is 1. The number of carbonyl (C=O) groups is 1. The summed E-state index contributed by atoms with van der Waals surface area (Å²) in [5.74, 6) is -0.107. The Balaban J connectivity index is 0.00000200. The lowest BCUT2D eigenvalue weighted by atomic mass is 9.83. The molecule has 112 valence electrons. The molecule has 1 amide bonds. The lowest BCUT2D eigenvalue weighted by Crippen LogP contribution is -2.35. The van der Waals surface area contributed by atoms with Crippen LogP contribution in [0.2, 0.25) is 5.02 Å². The van der Waals surface area contributed by atoms with Gasteiger partial charge in [-0.3, -0.25) is 4.79 Å². The third-order valence-corrected chi connectivity index (χ3v) is 4.59. The van der Waals surface area contributed by atoms with E-state index in [1.54, 1.807) is 18.2 Å². The SMILES string of the molecule is CCC1(CNC(=O)c2ccc(N)cc2Cl)CCCC1.Cl. The molecule has 20 heavy (non-hydrogen) atoms. The number of hydrogen-bond donors (Lipinski definition) is 2. The number of carbonyl (C=O) groups excluding carboxylic acids is 1. The molecule has 1 aromatic rings. The average Bonchev–Trinajstić information content (AvgIpc) is 2.85. The fourth-order valence-corrected chi connectivity index (χ4v) is 3.13. The normalized spacial score (nSPS) is 16.5. The zero-order valence-corrected chi connectivity index (χ0v) is 13.3. The van der Waals surface area contributed by atoms with Crippen molar-refractivity contribution in [3.63, 3.8) is 0 Å². The molecular weight excluding hydrogens is 295 g/mol. The molecule has 0 unspecified atom stereocenters. The van der Waals surface area contributed by atoms with Crippen molar-refractivity contribution in [1.29, 1.82) is 0 Å². The highest BCUT2D eigenvalue weighted by Gasteiger charge is 2.32. The molecule has 1 aromatic carbocycles. The lowest BCUT2D eigenvalue weighted by molar-refractivity contribution is 0.0929. The molecule has 1 fully saturated rings. The second-order valence-electron chi connectivity index (χ2n) is 5.48. The summed E-state index contributed by atoms with van der Waals surface area (Å²) in [6, 6.07) is 4.99. The van der Waals surface area contributed by atoms with Crippen molar-refractivity contribution in [2.45, 2.75) is 39.0 Å². The Hall–Kier alpha value is -0.930. The van der Waals surface area contributed by atoms with Gasteiger partial charge in [-0.25, -0.2) is 0 Å². The van der Waals surface area contributed by atoms with E-state index >= 15 is 0 Å². The fourth-order valence-electron chi connectivity index (χ4n) is 2.86. The molecule has 1 aliphatic rings. The number of hydrogen-bond acceptors (Lipinski definition) is 2. The first-order chi connectivity index (χ1) is 9.06. The Morgan fingerprint density at radius 1 is 1.40 bits per heavy atom. The van der Waals surface area contributed by atoms with Gasteiger partial charge in [0.15, 0.2) is 0 Å². The van der Waals surface area contributed by atoms with Crippen LogP contribution in [0.25, 0.3) is 0 Å². The Morgan fingerprint density at radius 3 is 2.60 bits per heavy atom. The van der Waals surface area contributed by atoms with Gasteiger partial charge in [0, 0.05) is 12.2 Å². The van der Waals surface area contributed by atoms with E-state index in [0.717, 1.165) is 13.0 Å². The molecule has 0 aliphatic heterocycles. The molecule has 0 bridgehead atoms. The lowest BCUT2D eigenvalue weighted by Gasteiger charge is -2.27. The minimum atomic E-state index is -0.107. The van der Waals surface area contributed by atoms with E-state index in [1.807, 2.05) is 0 Å². The molecule has 5 heteroatoms. The van der Waals surface area contributed by atoms with E-state index in [0.29, 0.717) is 16.3 Å². The number of halogens is 2. The van der Waals surface area contributed by atoms with Crippen molar-refractivity contribution in [3.8, 4) is 0 Å². The first-order valence-electron chi connectivity index (χ1n) is 6.89. The van der Waals surface area contributed by atoms with Crippen LogP contribution in [0.3, 0.4) is 0 Å². The highest BCUT2D eigenvalue weighted by molar-refractivity contribution is 6.34. The topological polar surface area (TPSA) is 55.1 Å². The maximum Gasteiger partial charge on any atom is 0.252 e. The first kappa shape index (κ1) is 17.1. The highest BCUT2D eigenvalue weighted by atomic mass is 35.5. The number of amides is 1. The van der Waals surface area contributed by atoms with Crippen molar-refractivity contribution in [3.05, 3.63) is 28.8 Å². The molecule has 0 atom stereocenters. The van der Waals surface area contributed by atoms with Crippen LogP contribution in [-0.4, -0.2) is 12.5 Å². The van der Waals surface area contributed by atoms with Crippen molar-refractivity contribution in [2.75, 3.05) is 12.3 Å². The van der Waals surface area contributed by atoms with Crippen molar-refractivity contribution in [2.24, 2.45) is 5.41 Å². The molecular formula is C15H22Cl2N2O. The third-order valence-electron chi connectivity index (χ3n) is 4.28. The molecule has 0 heterocycles. The summed E-state index contributed by atoms with van der Waals surface area (Å²) in [7, 11) is 0. The van der Waals surface area contributed by atoms with Crippen LogP contribution in [0, 0.1) is 5.41 Å². The van der Waals surface area contributed by atoms with Gasteiger partial charge in [-0.15, -0.1) is 12.4 Å². The van der Waals surface area contributed by atoms with Gasteiger partial charge in [0.2, 0.25) is 0 Å². The number of nitrogens with one attached hydrogen (secondary N) is 1. The van der Waals surface area contributed by atoms with Gasteiger partial charge < -0.3 is 11.1 Å². The molecule has 1 saturated carbocycles. The molecule has 3 nitrogen and oxygen atoms in total. The zero-order valence-electron chi connectivity index (χ0n) is 11.7. The summed E-state index contributed by atoms with van der Waals surface area (Å²) in [4.78, 5) is 12.2. The maximum absolute atomic E-state index is 12.2. The van der Waals surface area contributed by atoms with Crippen LogP contribution in [0.5, 0.6) is 0 Å². The van der Waals surface area contributed by atoms with E-state index in [1.165, 1.54) is 25.7 Å².